The van der Waals surface area contributed by atoms with E-state index in [1.165, 1.54) is 24.5 Å². The smallest absolute Gasteiger partial charge is 0.335 e. The minimum absolute atomic E-state index is 0.105. The van der Waals surface area contributed by atoms with Crippen molar-refractivity contribution in [1.29, 1.82) is 0 Å². The summed E-state index contributed by atoms with van der Waals surface area (Å²) in [5.41, 5.74) is 0.956. The molecule has 19 heavy (non-hydrogen) atoms. The molecule has 0 fully saturated rings. The molecule has 1 amide bonds. The number of amides is 1. The number of pyridine rings is 1. The largest absolute Gasteiger partial charge is 0.478 e. The van der Waals surface area contributed by atoms with Crippen LogP contribution in [-0.2, 0) is 0 Å². The summed E-state index contributed by atoms with van der Waals surface area (Å²) >= 11 is 3.26. The van der Waals surface area contributed by atoms with E-state index in [9.17, 15) is 9.59 Å². The predicted octanol–water partition coefficient (Wildman–Crippen LogP) is 2.79. The van der Waals surface area contributed by atoms with Crippen LogP contribution in [0.25, 0.3) is 0 Å². The molecule has 96 valence electrons. The molecule has 0 saturated heterocycles. The molecule has 0 radical (unpaired) electrons. The maximum atomic E-state index is 11.9. The van der Waals surface area contributed by atoms with Gasteiger partial charge < -0.3 is 10.4 Å². The van der Waals surface area contributed by atoms with E-state index in [2.05, 4.69) is 26.2 Å². The van der Waals surface area contributed by atoms with Gasteiger partial charge in [-0.25, -0.2) is 4.79 Å². The van der Waals surface area contributed by atoms with Crippen LogP contribution in [0.15, 0.2) is 47.2 Å². The second-order valence-corrected chi connectivity index (χ2v) is 4.54. The van der Waals surface area contributed by atoms with E-state index >= 15 is 0 Å². The van der Waals surface area contributed by atoms with Crippen LogP contribution in [-0.4, -0.2) is 22.0 Å². The molecule has 6 heteroatoms. The molecule has 2 rings (SSSR count). The Bertz CT molecular complexity index is 629. The zero-order valence-corrected chi connectivity index (χ0v) is 11.2. The van der Waals surface area contributed by atoms with Crippen LogP contribution < -0.4 is 5.32 Å². The number of carbonyl (C=O) groups excluding carboxylic acids is 1. The number of anilines is 1. The second-order valence-electron chi connectivity index (χ2n) is 3.69. The Labute approximate surface area is 117 Å². The fourth-order valence-electron chi connectivity index (χ4n) is 1.45. The minimum Gasteiger partial charge on any atom is -0.478 e. The monoisotopic (exact) mass is 320 g/mol. The van der Waals surface area contributed by atoms with Gasteiger partial charge in [-0.1, -0.05) is 0 Å². The molecule has 0 bridgehead atoms. The van der Waals surface area contributed by atoms with Gasteiger partial charge in [0.15, 0.2) is 0 Å². The first-order valence-electron chi connectivity index (χ1n) is 5.32. The van der Waals surface area contributed by atoms with E-state index in [1.54, 1.807) is 18.2 Å². The van der Waals surface area contributed by atoms with Gasteiger partial charge >= 0.3 is 5.97 Å². The Balaban J connectivity index is 2.26. The zero-order valence-electron chi connectivity index (χ0n) is 9.63. The molecular weight excluding hydrogens is 312 g/mol. The molecule has 0 aliphatic carbocycles. The van der Waals surface area contributed by atoms with Crippen LogP contribution in [0.2, 0.25) is 0 Å². The summed E-state index contributed by atoms with van der Waals surface area (Å²) in [7, 11) is 0. The van der Waals surface area contributed by atoms with E-state index in [-0.39, 0.29) is 11.5 Å². The summed E-state index contributed by atoms with van der Waals surface area (Å²) in [6, 6.07) is 7.57. The van der Waals surface area contributed by atoms with Gasteiger partial charge in [0, 0.05) is 22.4 Å². The molecule has 2 N–H and O–H groups in total. The molecule has 1 heterocycles. The minimum atomic E-state index is -1.05. The lowest BCUT2D eigenvalue weighted by molar-refractivity contribution is 0.0696. The van der Waals surface area contributed by atoms with Crippen LogP contribution in [0.3, 0.4) is 0 Å². The first-order chi connectivity index (χ1) is 9.08. The van der Waals surface area contributed by atoms with Crippen molar-refractivity contribution in [2.45, 2.75) is 0 Å². The molecule has 0 aliphatic rings. The average molecular weight is 321 g/mol. The topological polar surface area (TPSA) is 79.3 Å². The van der Waals surface area contributed by atoms with Crippen molar-refractivity contribution < 1.29 is 14.7 Å². The number of aromatic nitrogens is 1. The molecule has 2 aromatic rings. The van der Waals surface area contributed by atoms with Crippen molar-refractivity contribution in [2.24, 2.45) is 0 Å². The number of nitrogens with one attached hydrogen (secondary N) is 1. The van der Waals surface area contributed by atoms with E-state index in [0.717, 1.165) is 0 Å². The zero-order chi connectivity index (χ0) is 13.8. The first-order valence-corrected chi connectivity index (χ1v) is 6.11. The second kappa shape index (κ2) is 5.62. The van der Waals surface area contributed by atoms with Crippen LogP contribution >= 0.6 is 15.9 Å². The molecule has 0 unspecified atom stereocenters. The Morgan fingerprint density at radius 1 is 1.11 bits per heavy atom. The Morgan fingerprint density at radius 3 is 2.42 bits per heavy atom. The summed E-state index contributed by atoms with van der Waals surface area (Å²) in [6.45, 7) is 0. The van der Waals surface area contributed by atoms with Gasteiger partial charge in [-0.2, -0.15) is 0 Å². The number of benzene rings is 1. The van der Waals surface area contributed by atoms with Gasteiger partial charge in [0.25, 0.3) is 5.91 Å². The quantitative estimate of drug-likeness (QED) is 0.911. The molecule has 1 aromatic heterocycles. The lowest BCUT2D eigenvalue weighted by Gasteiger charge is -2.08. The summed E-state index contributed by atoms with van der Waals surface area (Å²) in [6.07, 6.45) is 3.02. The highest BCUT2D eigenvalue weighted by atomic mass is 79.9. The molecular formula is C13H9BrN2O3. The summed E-state index contributed by atoms with van der Waals surface area (Å²) in [5.74, 6) is -1.38. The number of carboxylic acid groups (broad SMARTS) is 1. The Morgan fingerprint density at radius 2 is 1.79 bits per heavy atom. The van der Waals surface area contributed by atoms with Crippen molar-refractivity contribution in [3.63, 3.8) is 0 Å². The van der Waals surface area contributed by atoms with Crippen LogP contribution in [0, 0.1) is 0 Å². The SMILES string of the molecule is O=C(O)c1ccc(Br)c(NC(=O)c2ccncc2)c1. The van der Waals surface area contributed by atoms with Gasteiger partial charge in [0.1, 0.15) is 0 Å². The summed E-state index contributed by atoms with van der Waals surface area (Å²) in [4.78, 5) is 26.6. The Hall–Kier alpha value is -2.21. The van der Waals surface area contributed by atoms with Gasteiger partial charge in [0.2, 0.25) is 0 Å². The van der Waals surface area contributed by atoms with Gasteiger partial charge in [-0.3, -0.25) is 9.78 Å². The van der Waals surface area contributed by atoms with E-state index < -0.39 is 5.97 Å². The highest BCUT2D eigenvalue weighted by molar-refractivity contribution is 9.10. The number of carbonyl (C=O) groups is 2. The number of halogens is 1. The van der Waals surface area contributed by atoms with Crippen LogP contribution in [0.1, 0.15) is 20.7 Å². The number of nitrogens with zero attached hydrogens (tertiary/aromatic N) is 1. The molecule has 0 spiro atoms. The normalized spacial score (nSPS) is 9.95. The number of hydrogen-bond donors (Lipinski definition) is 2. The van der Waals surface area contributed by atoms with Crippen LogP contribution in [0.4, 0.5) is 5.69 Å². The van der Waals surface area contributed by atoms with Gasteiger partial charge in [-0.05, 0) is 46.3 Å². The van der Waals surface area contributed by atoms with Crippen molar-refractivity contribution in [2.75, 3.05) is 5.32 Å². The first kappa shape index (κ1) is 13.2. The maximum Gasteiger partial charge on any atom is 0.335 e. The molecule has 5 nitrogen and oxygen atoms in total. The van der Waals surface area contributed by atoms with E-state index in [4.69, 9.17) is 5.11 Å². The third-order valence-corrected chi connectivity index (χ3v) is 3.10. The van der Waals surface area contributed by atoms with Gasteiger partial charge in [0.05, 0.1) is 11.3 Å². The number of rotatable bonds is 3. The van der Waals surface area contributed by atoms with E-state index in [0.29, 0.717) is 15.7 Å². The maximum absolute atomic E-state index is 11.9. The average Bonchev–Trinajstić information content (AvgIpc) is 2.42. The van der Waals surface area contributed by atoms with E-state index in [1.807, 2.05) is 0 Å². The van der Waals surface area contributed by atoms with Gasteiger partial charge in [-0.15, -0.1) is 0 Å². The van der Waals surface area contributed by atoms with Crippen LogP contribution in [0.5, 0.6) is 0 Å². The van der Waals surface area contributed by atoms with Crippen molar-refractivity contribution >= 4 is 33.5 Å². The fraction of sp³-hybridized carbons (Fsp3) is 0. The third kappa shape index (κ3) is 3.17. The third-order valence-electron chi connectivity index (χ3n) is 2.40. The lowest BCUT2D eigenvalue weighted by atomic mass is 10.2. The summed E-state index contributed by atoms with van der Waals surface area (Å²) < 4.78 is 0.611. The molecule has 0 saturated carbocycles. The Kier molecular flexibility index (Phi) is 3.91. The highest BCUT2D eigenvalue weighted by Crippen LogP contribution is 2.24. The molecule has 0 atom stereocenters. The lowest BCUT2D eigenvalue weighted by Crippen LogP contribution is -2.12. The fourth-order valence-corrected chi connectivity index (χ4v) is 1.80. The molecule has 0 aliphatic heterocycles. The molecule has 1 aromatic carbocycles. The van der Waals surface area contributed by atoms with Crippen molar-refractivity contribution in [3.8, 4) is 0 Å². The predicted molar refractivity (Wildman–Crippen MR) is 73.3 cm³/mol. The van der Waals surface area contributed by atoms with Crippen molar-refractivity contribution in [1.82, 2.24) is 4.98 Å². The number of carboxylic acids is 1. The highest BCUT2D eigenvalue weighted by Gasteiger charge is 2.11. The van der Waals surface area contributed by atoms with Crippen molar-refractivity contribution in [3.05, 3.63) is 58.3 Å². The summed E-state index contributed by atoms with van der Waals surface area (Å²) in [5, 5.41) is 11.6. The standard InChI is InChI=1S/C13H9BrN2O3/c14-10-2-1-9(13(18)19)7-11(10)16-12(17)8-3-5-15-6-4-8/h1-7H,(H,16,17)(H,18,19). The number of aromatic carboxylic acids is 1. The number of hydrogen-bond acceptors (Lipinski definition) is 3.